The number of esters is 2. The maximum atomic E-state index is 12.6. The van der Waals surface area contributed by atoms with Gasteiger partial charge in [-0.05, 0) is 58.8 Å². The van der Waals surface area contributed by atoms with E-state index in [9.17, 15) is 14.7 Å². The van der Waals surface area contributed by atoms with Crippen LogP contribution in [-0.2, 0) is 36.1 Å². The SMILES string of the molecule is CCCCCCCCOC(=O)CCP(CCC(=O)OCCCCCCCC)Cc1cc(C(C)(C)C)c(O)c(C(C)(C)C)c1. The van der Waals surface area contributed by atoms with E-state index in [-0.39, 0.29) is 22.8 Å². The first kappa shape index (κ1) is 39.4. The highest BCUT2D eigenvalue weighted by Crippen LogP contribution is 2.45. The van der Waals surface area contributed by atoms with Crippen molar-refractivity contribution in [3.63, 3.8) is 0 Å². The number of benzene rings is 1. The standard InChI is InChI=1S/C37H65O5P/c1-9-11-13-15-17-19-23-41-33(38)21-25-43(26-22-34(39)42-24-20-18-16-14-12-10-2)29-30-27-31(36(3,4)5)35(40)32(28-30)37(6,7)8/h27-28,40H,9-26,29H2,1-8H3. The number of phenols is 1. The van der Waals surface area contributed by atoms with Gasteiger partial charge in [-0.15, -0.1) is 7.92 Å². The van der Waals surface area contributed by atoms with Crippen molar-refractivity contribution in [3.8, 4) is 5.75 Å². The average Bonchev–Trinajstić information content (AvgIpc) is 2.93. The van der Waals surface area contributed by atoms with Gasteiger partial charge in [0.25, 0.3) is 0 Å². The van der Waals surface area contributed by atoms with E-state index in [1.807, 2.05) is 0 Å². The molecule has 1 aromatic rings. The van der Waals surface area contributed by atoms with Gasteiger partial charge in [0.15, 0.2) is 0 Å². The van der Waals surface area contributed by atoms with Gasteiger partial charge in [-0.25, -0.2) is 0 Å². The van der Waals surface area contributed by atoms with Gasteiger partial charge in [0.05, 0.1) is 13.2 Å². The largest absolute Gasteiger partial charge is 0.507 e. The minimum absolute atomic E-state index is 0.136. The van der Waals surface area contributed by atoms with Crippen molar-refractivity contribution in [1.82, 2.24) is 0 Å². The Morgan fingerprint density at radius 2 is 1.02 bits per heavy atom. The Kier molecular flexibility index (Phi) is 19.4. The fourth-order valence-electron chi connectivity index (χ4n) is 5.24. The Hall–Kier alpha value is -1.61. The van der Waals surface area contributed by atoms with Gasteiger partial charge in [0.1, 0.15) is 5.75 Å². The summed E-state index contributed by atoms with van der Waals surface area (Å²) in [6, 6.07) is 4.27. The number of phenolic OH excluding ortho intramolecular Hbond substituents is 1. The van der Waals surface area contributed by atoms with Crippen LogP contribution >= 0.6 is 7.92 Å². The topological polar surface area (TPSA) is 72.8 Å². The molecule has 0 bridgehead atoms. The molecular formula is C37H65O5P. The van der Waals surface area contributed by atoms with Gasteiger partial charge < -0.3 is 14.6 Å². The Bertz CT molecular complexity index is 859. The van der Waals surface area contributed by atoms with Gasteiger partial charge in [-0.1, -0.05) is 132 Å². The summed E-state index contributed by atoms with van der Waals surface area (Å²) in [6.45, 7) is 18.2. The minimum atomic E-state index is -0.649. The molecule has 0 saturated carbocycles. The average molecular weight is 621 g/mol. The van der Waals surface area contributed by atoms with Crippen LogP contribution in [0.2, 0.25) is 0 Å². The van der Waals surface area contributed by atoms with Crippen molar-refractivity contribution in [1.29, 1.82) is 0 Å². The monoisotopic (exact) mass is 620 g/mol. The second-order valence-electron chi connectivity index (χ2n) is 14.3. The maximum absolute atomic E-state index is 12.6. The highest BCUT2D eigenvalue weighted by Gasteiger charge is 2.27. The lowest BCUT2D eigenvalue weighted by atomic mass is 9.78. The molecule has 6 heteroatoms. The van der Waals surface area contributed by atoms with Gasteiger partial charge in [0.2, 0.25) is 0 Å². The molecule has 0 unspecified atom stereocenters. The van der Waals surface area contributed by atoms with Crippen LogP contribution in [0.25, 0.3) is 0 Å². The summed E-state index contributed by atoms with van der Waals surface area (Å²) in [7, 11) is -0.649. The molecule has 0 aromatic heterocycles. The van der Waals surface area contributed by atoms with E-state index in [1.165, 1.54) is 56.9 Å². The molecule has 0 radical (unpaired) electrons. The van der Waals surface area contributed by atoms with Crippen LogP contribution in [0.15, 0.2) is 12.1 Å². The van der Waals surface area contributed by atoms with Crippen molar-refractivity contribution >= 4 is 19.9 Å². The van der Waals surface area contributed by atoms with E-state index in [0.29, 0.717) is 31.8 Å². The highest BCUT2D eigenvalue weighted by atomic mass is 31.1. The number of carbonyl (C=O) groups excluding carboxylic acids is 2. The van der Waals surface area contributed by atoms with E-state index in [2.05, 4.69) is 67.5 Å². The normalized spacial score (nSPS) is 12.1. The Balaban J connectivity index is 2.86. The molecule has 0 heterocycles. The molecule has 0 saturated heterocycles. The molecule has 0 spiro atoms. The summed E-state index contributed by atoms with van der Waals surface area (Å²) in [6.07, 6.45) is 17.0. The third-order valence-electron chi connectivity index (χ3n) is 7.98. The number of aromatic hydroxyl groups is 1. The predicted molar refractivity (Wildman–Crippen MR) is 184 cm³/mol. The third-order valence-corrected chi connectivity index (χ3v) is 10.5. The molecule has 0 aliphatic carbocycles. The summed E-state index contributed by atoms with van der Waals surface area (Å²) >= 11 is 0. The lowest BCUT2D eigenvalue weighted by Gasteiger charge is -2.29. The quantitative estimate of drug-likeness (QED) is 0.0793. The van der Waals surface area contributed by atoms with Gasteiger partial charge in [-0.2, -0.15) is 0 Å². The smallest absolute Gasteiger partial charge is 0.306 e. The molecule has 0 amide bonds. The zero-order valence-electron chi connectivity index (χ0n) is 29.1. The van der Waals surface area contributed by atoms with Crippen molar-refractivity contribution in [3.05, 3.63) is 28.8 Å². The number of rotatable bonds is 22. The minimum Gasteiger partial charge on any atom is -0.507 e. The summed E-state index contributed by atoms with van der Waals surface area (Å²) in [4.78, 5) is 25.2. The van der Waals surface area contributed by atoms with Crippen LogP contribution in [0.4, 0.5) is 0 Å². The first-order valence-electron chi connectivity index (χ1n) is 17.2. The van der Waals surface area contributed by atoms with Gasteiger partial charge in [-0.3, -0.25) is 9.59 Å². The van der Waals surface area contributed by atoms with Crippen LogP contribution in [0.5, 0.6) is 5.75 Å². The fourth-order valence-corrected chi connectivity index (χ4v) is 7.47. The second-order valence-corrected chi connectivity index (χ2v) is 16.8. The van der Waals surface area contributed by atoms with E-state index in [1.54, 1.807) is 0 Å². The number of carbonyl (C=O) groups is 2. The number of hydrogen-bond donors (Lipinski definition) is 1. The van der Waals surface area contributed by atoms with E-state index >= 15 is 0 Å². The summed E-state index contributed by atoms with van der Waals surface area (Å²) in [5.41, 5.74) is 2.65. The zero-order valence-corrected chi connectivity index (χ0v) is 30.0. The number of hydrogen-bond acceptors (Lipinski definition) is 5. The summed E-state index contributed by atoms with van der Waals surface area (Å²) in [5.74, 6) is 0.107. The summed E-state index contributed by atoms with van der Waals surface area (Å²) < 4.78 is 11.1. The zero-order chi connectivity index (χ0) is 32.3. The van der Waals surface area contributed by atoms with Crippen molar-refractivity contribution in [2.75, 3.05) is 25.5 Å². The lowest BCUT2D eigenvalue weighted by Crippen LogP contribution is -2.18. The molecule has 0 aliphatic rings. The third kappa shape index (κ3) is 17.5. The molecule has 248 valence electrons. The Labute approximate surface area is 266 Å². The highest BCUT2D eigenvalue weighted by molar-refractivity contribution is 7.56. The molecule has 0 atom stereocenters. The van der Waals surface area contributed by atoms with Crippen LogP contribution in [0.3, 0.4) is 0 Å². The van der Waals surface area contributed by atoms with Crippen molar-refractivity contribution in [2.45, 2.75) is 162 Å². The molecule has 5 nitrogen and oxygen atoms in total. The number of unbranched alkanes of at least 4 members (excludes halogenated alkanes) is 10. The van der Waals surface area contributed by atoms with E-state index in [0.717, 1.165) is 55.3 Å². The van der Waals surface area contributed by atoms with Crippen molar-refractivity contribution < 1.29 is 24.2 Å². The molecule has 1 rings (SSSR count). The molecular weight excluding hydrogens is 555 g/mol. The Morgan fingerprint density at radius 3 is 1.40 bits per heavy atom. The van der Waals surface area contributed by atoms with Crippen LogP contribution in [-0.4, -0.2) is 42.6 Å². The molecule has 43 heavy (non-hydrogen) atoms. The van der Waals surface area contributed by atoms with Crippen molar-refractivity contribution in [2.24, 2.45) is 0 Å². The number of ether oxygens (including phenoxy) is 2. The molecule has 1 aromatic carbocycles. The first-order chi connectivity index (χ1) is 20.3. The van der Waals surface area contributed by atoms with Gasteiger partial charge in [0, 0.05) is 12.8 Å². The van der Waals surface area contributed by atoms with E-state index in [4.69, 9.17) is 9.47 Å². The van der Waals surface area contributed by atoms with Gasteiger partial charge >= 0.3 is 11.9 Å². The summed E-state index contributed by atoms with van der Waals surface area (Å²) in [5, 5.41) is 11.2. The molecule has 0 aliphatic heterocycles. The Morgan fingerprint density at radius 1 is 0.651 bits per heavy atom. The molecule has 1 N–H and O–H groups in total. The lowest BCUT2D eigenvalue weighted by molar-refractivity contribution is -0.144. The fraction of sp³-hybridized carbons (Fsp3) is 0.784. The van der Waals surface area contributed by atoms with Crippen LogP contribution in [0.1, 0.15) is 162 Å². The maximum Gasteiger partial charge on any atom is 0.306 e. The molecule has 0 fully saturated rings. The van der Waals surface area contributed by atoms with Crippen LogP contribution < -0.4 is 0 Å². The van der Waals surface area contributed by atoms with E-state index < -0.39 is 7.92 Å². The predicted octanol–water partition coefficient (Wildman–Crippen LogP) is 10.6. The first-order valence-corrected chi connectivity index (χ1v) is 19.1. The second kappa shape index (κ2) is 21.2. The van der Waals surface area contributed by atoms with Crippen LogP contribution in [0, 0.1) is 0 Å².